The highest BCUT2D eigenvalue weighted by molar-refractivity contribution is 5.96. The van der Waals surface area contributed by atoms with Crippen molar-refractivity contribution >= 4 is 11.6 Å². The number of hydrogen-bond acceptors (Lipinski definition) is 3. The maximum Gasteiger partial charge on any atom is 0.266 e. The highest BCUT2D eigenvalue weighted by Gasteiger charge is 2.03. The van der Waals surface area contributed by atoms with Crippen molar-refractivity contribution in [2.75, 3.05) is 20.1 Å². The van der Waals surface area contributed by atoms with Crippen LogP contribution in [0.2, 0.25) is 0 Å². The Hall–Kier alpha value is -1.16. The van der Waals surface area contributed by atoms with Crippen LogP contribution in [0.15, 0.2) is 16.8 Å². The molecular formula is C11H21N3O. The predicted octanol–water partition coefficient (Wildman–Crippen LogP) is 1.18. The van der Waals surface area contributed by atoms with Gasteiger partial charge in [0.25, 0.3) is 5.91 Å². The van der Waals surface area contributed by atoms with Crippen LogP contribution in [0.25, 0.3) is 0 Å². The van der Waals surface area contributed by atoms with Crippen LogP contribution < -0.4 is 5.73 Å². The normalized spacial score (nSPS) is 13.4. The average molecular weight is 211 g/mol. The molecule has 0 rings (SSSR count). The number of allylic oxidation sites excluding steroid dienone is 1. The summed E-state index contributed by atoms with van der Waals surface area (Å²) in [6, 6.07) is 0. The van der Waals surface area contributed by atoms with Crippen LogP contribution in [-0.2, 0) is 4.79 Å². The summed E-state index contributed by atoms with van der Waals surface area (Å²) >= 11 is 0. The largest absolute Gasteiger partial charge is 0.364 e. The van der Waals surface area contributed by atoms with Crippen molar-refractivity contribution in [1.82, 2.24) is 4.90 Å². The quantitative estimate of drug-likeness (QED) is 0.530. The van der Waals surface area contributed by atoms with Gasteiger partial charge in [-0.15, -0.1) is 0 Å². The number of rotatable bonds is 6. The van der Waals surface area contributed by atoms with Crippen LogP contribution in [0.3, 0.4) is 0 Å². The zero-order chi connectivity index (χ0) is 11.8. The van der Waals surface area contributed by atoms with Gasteiger partial charge >= 0.3 is 0 Å². The molecule has 0 heterocycles. The molecule has 4 nitrogen and oxygen atoms in total. The summed E-state index contributed by atoms with van der Waals surface area (Å²) in [5.74, 6) is -0.477. The van der Waals surface area contributed by atoms with E-state index < -0.39 is 5.91 Å². The number of aliphatic imine (C=N–C) groups is 1. The lowest BCUT2D eigenvalue weighted by Gasteiger charge is -2.14. The fourth-order valence-corrected chi connectivity index (χ4v) is 1.35. The maximum atomic E-state index is 10.9. The topological polar surface area (TPSA) is 58.7 Å². The number of hydrogen-bond donors (Lipinski definition) is 1. The van der Waals surface area contributed by atoms with Crippen LogP contribution in [-0.4, -0.2) is 36.7 Å². The van der Waals surface area contributed by atoms with Gasteiger partial charge in [-0.2, -0.15) is 0 Å². The molecule has 0 saturated carbocycles. The summed E-state index contributed by atoms with van der Waals surface area (Å²) in [5.41, 5.74) is 6.39. The number of carbonyl (C=O) groups is 1. The Morgan fingerprint density at radius 2 is 2.13 bits per heavy atom. The number of nitrogens with two attached hydrogens (primary N) is 1. The first-order valence-corrected chi connectivity index (χ1v) is 5.20. The second kappa shape index (κ2) is 7.17. The summed E-state index contributed by atoms with van der Waals surface area (Å²) in [6.07, 6.45) is 2.74. The van der Waals surface area contributed by atoms with Gasteiger partial charge in [-0.25, -0.2) is 0 Å². The third kappa shape index (κ3) is 6.01. The molecule has 0 aromatic rings. The second-order valence-electron chi connectivity index (χ2n) is 3.62. The molecule has 0 saturated heterocycles. The second-order valence-corrected chi connectivity index (χ2v) is 3.62. The molecular weight excluding hydrogens is 190 g/mol. The first-order chi connectivity index (χ1) is 7.01. The molecule has 86 valence electrons. The summed E-state index contributed by atoms with van der Waals surface area (Å²) in [6.45, 7) is 7.57. The molecule has 0 aliphatic rings. The van der Waals surface area contributed by atoms with Gasteiger partial charge < -0.3 is 10.6 Å². The summed E-state index contributed by atoms with van der Waals surface area (Å²) in [7, 11) is 2.03. The molecule has 0 spiro atoms. The van der Waals surface area contributed by atoms with Crippen molar-refractivity contribution < 1.29 is 4.79 Å². The molecule has 0 aliphatic heterocycles. The molecule has 2 N–H and O–H groups in total. The van der Waals surface area contributed by atoms with E-state index >= 15 is 0 Å². The van der Waals surface area contributed by atoms with E-state index in [9.17, 15) is 4.79 Å². The molecule has 0 fully saturated rings. The molecule has 0 aromatic carbocycles. The third-order valence-corrected chi connectivity index (χ3v) is 1.94. The van der Waals surface area contributed by atoms with Crippen molar-refractivity contribution in [2.45, 2.75) is 27.2 Å². The first-order valence-electron chi connectivity index (χ1n) is 5.20. The number of amides is 1. The van der Waals surface area contributed by atoms with Crippen LogP contribution >= 0.6 is 0 Å². The minimum Gasteiger partial charge on any atom is -0.364 e. The lowest BCUT2D eigenvalue weighted by atomic mass is 10.3. The van der Waals surface area contributed by atoms with E-state index in [1.54, 1.807) is 13.0 Å². The molecule has 0 unspecified atom stereocenters. The zero-order valence-electron chi connectivity index (χ0n) is 10.1. The Morgan fingerprint density at radius 1 is 1.53 bits per heavy atom. The standard InChI is InChI=1S/C11H21N3O/c1-5-7-14(4)8-9(3)13-10(6-2)11(12)15/h6H,5,7-8H2,1-4H3,(H2,12,15)/b10-6-,13-9?. The average Bonchev–Trinajstić information content (AvgIpc) is 2.13. The molecule has 0 aromatic heterocycles. The van der Waals surface area contributed by atoms with Gasteiger partial charge in [0.05, 0.1) is 0 Å². The Morgan fingerprint density at radius 3 is 2.53 bits per heavy atom. The summed E-state index contributed by atoms with van der Waals surface area (Å²) in [5, 5.41) is 0. The lowest BCUT2D eigenvalue weighted by molar-refractivity contribution is -0.114. The van der Waals surface area contributed by atoms with Gasteiger partial charge in [-0.1, -0.05) is 13.0 Å². The van der Waals surface area contributed by atoms with Crippen LogP contribution in [0.1, 0.15) is 27.2 Å². The smallest absolute Gasteiger partial charge is 0.266 e. The first kappa shape index (κ1) is 13.8. The highest BCUT2D eigenvalue weighted by Crippen LogP contribution is 1.97. The van der Waals surface area contributed by atoms with Crippen molar-refractivity contribution in [3.63, 3.8) is 0 Å². The molecule has 0 aliphatic carbocycles. The molecule has 0 bridgehead atoms. The Kier molecular flexibility index (Phi) is 6.62. The minimum absolute atomic E-state index is 0.331. The SMILES string of the molecule is C/C=C(\N=C(C)CN(C)CCC)C(N)=O. The summed E-state index contributed by atoms with van der Waals surface area (Å²) in [4.78, 5) is 17.2. The van der Waals surface area contributed by atoms with Crippen LogP contribution in [0.4, 0.5) is 0 Å². The molecule has 0 radical (unpaired) electrons. The molecule has 1 amide bonds. The minimum atomic E-state index is -0.477. The number of carbonyl (C=O) groups excluding carboxylic acids is 1. The third-order valence-electron chi connectivity index (χ3n) is 1.94. The molecule has 0 atom stereocenters. The van der Waals surface area contributed by atoms with Gasteiger partial charge in [0.1, 0.15) is 5.70 Å². The van der Waals surface area contributed by atoms with Crippen LogP contribution in [0.5, 0.6) is 0 Å². The molecule has 15 heavy (non-hydrogen) atoms. The van der Waals surface area contributed by atoms with E-state index in [0.717, 1.165) is 25.2 Å². The van der Waals surface area contributed by atoms with Crippen molar-refractivity contribution in [3.05, 3.63) is 11.8 Å². The van der Waals surface area contributed by atoms with E-state index in [-0.39, 0.29) is 0 Å². The lowest BCUT2D eigenvalue weighted by Crippen LogP contribution is -2.26. The van der Waals surface area contributed by atoms with Gasteiger partial charge in [-0.3, -0.25) is 9.79 Å². The van der Waals surface area contributed by atoms with Crippen molar-refractivity contribution in [2.24, 2.45) is 10.7 Å². The Labute approximate surface area is 91.9 Å². The van der Waals surface area contributed by atoms with E-state index in [1.807, 2.05) is 14.0 Å². The summed E-state index contributed by atoms with van der Waals surface area (Å²) < 4.78 is 0. The van der Waals surface area contributed by atoms with Gasteiger partial charge in [-0.05, 0) is 33.9 Å². The van der Waals surface area contributed by atoms with E-state index in [4.69, 9.17) is 5.73 Å². The monoisotopic (exact) mass is 211 g/mol. The number of nitrogens with zero attached hydrogens (tertiary/aromatic N) is 2. The van der Waals surface area contributed by atoms with Gasteiger partial charge in [0, 0.05) is 12.3 Å². The fourth-order valence-electron chi connectivity index (χ4n) is 1.35. The van der Waals surface area contributed by atoms with E-state index in [0.29, 0.717) is 5.70 Å². The number of primary amides is 1. The highest BCUT2D eigenvalue weighted by atomic mass is 16.1. The van der Waals surface area contributed by atoms with Crippen molar-refractivity contribution in [1.29, 1.82) is 0 Å². The maximum absolute atomic E-state index is 10.9. The fraction of sp³-hybridized carbons (Fsp3) is 0.636. The molecule has 4 heteroatoms. The van der Waals surface area contributed by atoms with Crippen molar-refractivity contribution in [3.8, 4) is 0 Å². The van der Waals surface area contributed by atoms with Gasteiger partial charge in [0.15, 0.2) is 0 Å². The van der Waals surface area contributed by atoms with Crippen LogP contribution in [0, 0.1) is 0 Å². The zero-order valence-corrected chi connectivity index (χ0v) is 10.1. The van der Waals surface area contributed by atoms with Gasteiger partial charge in [0.2, 0.25) is 0 Å². The Bertz CT molecular complexity index is 269. The van der Waals surface area contributed by atoms with E-state index in [2.05, 4.69) is 16.8 Å². The Balaban J connectivity index is 4.36. The predicted molar refractivity (Wildman–Crippen MR) is 63.8 cm³/mol. The van der Waals surface area contributed by atoms with E-state index in [1.165, 1.54) is 0 Å².